The van der Waals surface area contributed by atoms with Gasteiger partial charge in [-0.05, 0) is 42.5 Å². The molecule has 0 spiro atoms. The lowest BCUT2D eigenvalue weighted by Crippen LogP contribution is -2.60. The van der Waals surface area contributed by atoms with Gasteiger partial charge in [0.2, 0.25) is 11.8 Å². The highest BCUT2D eigenvalue weighted by Crippen LogP contribution is 2.65. The van der Waals surface area contributed by atoms with Crippen molar-refractivity contribution < 1.29 is 29.2 Å². The van der Waals surface area contributed by atoms with E-state index in [-0.39, 0.29) is 30.0 Å². The summed E-state index contributed by atoms with van der Waals surface area (Å²) in [4.78, 5) is 63.0. The summed E-state index contributed by atoms with van der Waals surface area (Å²) < 4.78 is 0. The second-order valence-corrected chi connectivity index (χ2v) is 11.6. The van der Waals surface area contributed by atoms with Gasteiger partial charge in [0, 0.05) is 25.1 Å². The predicted molar refractivity (Wildman–Crippen MR) is 139 cm³/mol. The summed E-state index contributed by atoms with van der Waals surface area (Å²) in [5.74, 6) is -5.98. The zero-order valence-electron chi connectivity index (χ0n) is 20.4. The number of allylic oxidation sites excluding steroid dienone is 2. The van der Waals surface area contributed by atoms with Gasteiger partial charge in [0.15, 0.2) is 9.75 Å². The number of non-ortho nitro benzene ring substituents is 1. The summed E-state index contributed by atoms with van der Waals surface area (Å²) in [5.41, 5.74) is 0.836. The number of fused-ring (bicyclic) bond motifs is 4. The summed E-state index contributed by atoms with van der Waals surface area (Å²) in [6.45, 7) is 0. The van der Waals surface area contributed by atoms with Gasteiger partial charge in [-0.3, -0.25) is 34.2 Å². The third kappa shape index (κ3) is 3.21. The van der Waals surface area contributed by atoms with Gasteiger partial charge in [0.1, 0.15) is 5.75 Å². The Bertz CT molecular complexity index is 1540. The van der Waals surface area contributed by atoms with Crippen molar-refractivity contribution in [3.63, 3.8) is 0 Å². The Morgan fingerprint density at radius 1 is 1.00 bits per heavy atom. The van der Waals surface area contributed by atoms with E-state index in [4.69, 9.17) is 23.2 Å². The van der Waals surface area contributed by atoms with Crippen molar-refractivity contribution in [2.45, 2.75) is 28.5 Å². The summed E-state index contributed by atoms with van der Waals surface area (Å²) in [6.07, 6.45) is 1.76. The number of phenols is 1. The molecule has 6 rings (SSSR count). The van der Waals surface area contributed by atoms with Crippen LogP contribution in [0.3, 0.4) is 0 Å². The average molecular weight is 570 g/mol. The van der Waals surface area contributed by atoms with Crippen molar-refractivity contribution in [3.8, 4) is 5.75 Å². The molecule has 6 atom stereocenters. The van der Waals surface area contributed by atoms with Crippen LogP contribution >= 0.6 is 23.2 Å². The van der Waals surface area contributed by atoms with Crippen LogP contribution in [0, 0.1) is 27.9 Å². The number of hydrogen-bond acceptors (Lipinski definition) is 7. The first kappa shape index (κ1) is 25.5. The van der Waals surface area contributed by atoms with Crippen molar-refractivity contribution in [3.05, 3.63) is 75.9 Å². The topological polar surface area (TPSA) is 138 Å². The van der Waals surface area contributed by atoms with Gasteiger partial charge < -0.3 is 5.11 Å². The molecule has 0 bridgehead atoms. The van der Waals surface area contributed by atoms with Gasteiger partial charge in [-0.2, -0.15) is 0 Å². The molecule has 2 aliphatic carbocycles. The van der Waals surface area contributed by atoms with Crippen LogP contribution in [0.4, 0.5) is 11.4 Å². The molecule has 4 aliphatic rings. The number of rotatable bonds is 3. The molecular formula is C27H21Cl2N3O7. The Kier molecular flexibility index (Phi) is 5.47. The number of carbonyl (C=O) groups is 4. The number of nitro benzene ring substituents is 1. The molecule has 3 fully saturated rings. The molecule has 2 heterocycles. The molecule has 2 saturated heterocycles. The highest BCUT2D eigenvalue weighted by molar-refractivity contribution is 6.53. The number of phenolic OH excluding ortho intramolecular Hbond substituents is 1. The van der Waals surface area contributed by atoms with E-state index in [0.717, 1.165) is 9.80 Å². The van der Waals surface area contributed by atoms with E-state index in [9.17, 15) is 34.4 Å². The third-order valence-electron chi connectivity index (χ3n) is 8.52. The third-order valence-corrected chi connectivity index (χ3v) is 9.93. The normalized spacial score (nSPS) is 33.6. The summed E-state index contributed by atoms with van der Waals surface area (Å²) in [7, 11) is 1.30. The maximum atomic E-state index is 13.9. The van der Waals surface area contributed by atoms with E-state index in [0.29, 0.717) is 11.1 Å². The van der Waals surface area contributed by atoms with Crippen LogP contribution in [0.15, 0.2) is 60.2 Å². The lowest BCUT2D eigenvalue weighted by Gasteiger charge is -2.50. The minimum atomic E-state index is -1.94. The van der Waals surface area contributed by atoms with Crippen molar-refractivity contribution in [1.29, 1.82) is 0 Å². The molecule has 2 aromatic carbocycles. The van der Waals surface area contributed by atoms with Crippen molar-refractivity contribution in [2.24, 2.45) is 17.8 Å². The molecule has 39 heavy (non-hydrogen) atoms. The van der Waals surface area contributed by atoms with E-state index < -0.39 is 62.0 Å². The molecule has 12 heteroatoms. The second kappa shape index (κ2) is 8.37. The van der Waals surface area contributed by atoms with Crippen LogP contribution in [0.1, 0.15) is 24.3 Å². The minimum Gasteiger partial charge on any atom is -0.508 e. The van der Waals surface area contributed by atoms with Crippen molar-refractivity contribution in [2.75, 3.05) is 11.9 Å². The van der Waals surface area contributed by atoms with E-state index in [1.807, 2.05) is 0 Å². The van der Waals surface area contributed by atoms with E-state index in [1.165, 1.54) is 43.4 Å². The number of imide groups is 2. The summed E-state index contributed by atoms with van der Waals surface area (Å²) in [5, 5.41) is 21.6. The maximum Gasteiger partial charge on any atom is 0.271 e. The van der Waals surface area contributed by atoms with Crippen LogP contribution in [-0.4, -0.2) is 55.4 Å². The van der Waals surface area contributed by atoms with Gasteiger partial charge in [-0.1, -0.05) is 29.8 Å². The molecular weight excluding hydrogens is 549 g/mol. The Labute approximate surface area is 231 Å². The lowest BCUT2D eigenvalue weighted by atomic mass is 9.56. The highest BCUT2D eigenvalue weighted by atomic mass is 35.5. The number of aromatic hydroxyl groups is 1. The fraction of sp³-hybridized carbons (Fsp3) is 0.333. The molecule has 0 radical (unpaired) electrons. The first-order valence-electron chi connectivity index (χ1n) is 12.2. The first-order chi connectivity index (χ1) is 18.4. The zero-order chi connectivity index (χ0) is 28.0. The van der Waals surface area contributed by atoms with Crippen LogP contribution in [-0.2, 0) is 19.2 Å². The van der Waals surface area contributed by atoms with E-state index >= 15 is 0 Å². The monoisotopic (exact) mass is 569 g/mol. The minimum absolute atomic E-state index is 0.0784. The Morgan fingerprint density at radius 3 is 2.41 bits per heavy atom. The fourth-order valence-corrected chi connectivity index (χ4v) is 7.84. The molecule has 10 nitrogen and oxygen atoms in total. The Morgan fingerprint density at radius 2 is 1.72 bits per heavy atom. The second-order valence-electron chi connectivity index (χ2n) is 10.4. The summed E-state index contributed by atoms with van der Waals surface area (Å²) >= 11 is 14.1. The number of anilines is 1. The largest absolute Gasteiger partial charge is 0.508 e. The predicted octanol–water partition coefficient (Wildman–Crippen LogP) is 3.49. The van der Waals surface area contributed by atoms with Gasteiger partial charge in [0.25, 0.3) is 17.5 Å². The lowest BCUT2D eigenvalue weighted by molar-refractivity contribution is -0.384. The molecule has 4 amide bonds. The molecule has 1 N–H and O–H groups in total. The van der Waals surface area contributed by atoms with Crippen LogP contribution in [0.2, 0.25) is 0 Å². The van der Waals surface area contributed by atoms with Gasteiger partial charge >= 0.3 is 0 Å². The molecule has 6 unspecified atom stereocenters. The van der Waals surface area contributed by atoms with Crippen molar-refractivity contribution in [1.82, 2.24) is 4.90 Å². The number of alkyl halides is 2. The van der Waals surface area contributed by atoms with E-state index in [1.54, 1.807) is 18.2 Å². The van der Waals surface area contributed by atoms with Crippen molar-refractivity contribution >= 4 is 58.2 Å². The zero-order valence-corrected chi connectivity index (χ0v) is 21.9. The number of carbonyl (C=O) groups excluding carboxylic acids is 4. The quantitative estimate of drug-likeness (QED) is 0.196. The number of hydrogen-bond donors (Lipinski definition) is 1. The molecule has 1 saturated carbocycles. The SMILES string of the molecule is CN1C(=O)C2(Cl)CC3C(=CCC4C(=O)N(c5cccc([N+](=O)[O-])c5)C(=O)C43)C(c3cccc(O)c3)C2(Cl)C1=O. The van der Waals surface area contributed by atoms with Gasteiger partial charge in [0.05, 0.1) is 22.4 Å². The molecule has 200 valence electrons. The summed E-state index contributed by atoms with van der Waals surface area (Å²) in [6, 6.07) is 11.4. The number of nitrogens with zero attached hydrogens (tertiary/aromatic N) is 3. The maximum absolute atomic E-state index is 13.9. The standard InChI is InChI=1S/C27H21Cl2N3O7/c1-30-24(36)26(28)12-19-17(21(27(26,29)25(30)37)13-4-2-7-16(33)10-13)8-9-18-20(19)23(35)31(22(18)34)14-5-3-6-15(11-14)32(38)39/h2-8,10-11,18-21,33H,9,12H2,1H3. The fourth-order valence-electron chi connectivity index (χ4n) is 6.82. The van der Waals surface area contributed by atoms with Crippen LogP contribution < -0.4 is 4.90 Å². The number of likely N-dealkylation sites (tertiary alicyclic amines) is 1. The molecule has 2 aliphatic heterocycles. The van der Waals surface area contributed by atoms with E-state index in [2.05, 4.69) is 0 Å². The van der Waals surface area contributed by atoms with Crippen LogP contribution in [0.25, 0.3) is 0 Å². The molecule has 0 aromatic heterocycles. The number of nitro groups is 1. The first-order valence-corrected chi connectivity index (χ1v) is 13.0. The Balaban J connectivity index is 1.50. The Hall–Kier alpha value is -3.76. The number of halogens is 2. The number of amides is 4. The van der Waals surface area contributed by atoms with Crippen LogP contribution in [0.5, 0.6) is 5.75 Å². The number of benzene rings is 2. The molecule has 2 aromatic rings. The van der Waals surface area contributed by atoms with Gasteiger partial charge in [-0.15, -0.1) is 23.2 Å². The van der Waals surface area contributed by atoms with Gasteiger partial charge in [-0.25, -0.2) is 4.90 Å². The average Bonchev–Trinajstić information content (AvgIpc) is 3.23. The highest BCUT2D eigenvalue weighted by Gasteiger charge is 2.75. The smallest absolute Gasteiger partial charge is 0.271 e.